The minimum absolute atomic E-state index is 0.239. The zero-order chi connectivity index (χ0) is 26.0. The van der Waals surface area contributed by atoms with Gasteiger partial charge in [0.25, 0.3) is 0 Å². The summed E-state index contributed by atoms with van der Waals surface area (Å²) in [6.45, 7) is 3.76. The molecule has 0 N–H and O–H groups in total. The van der Waals surface area contributed by atoms with Crippen LogP contribution in [0, 0.1) is 11.6 Å². The predicted octanol–water partition coefficient (Wildman–Crippen LogP) is 8.38. The maximum absolute atomic E-state index is 14.1. The summed E-state index contributed by atoms with van der Waals surface area (Å²) in [6, 6.07) is 25.1. The lowest BCUT2D eigenvalue weighted by atomic mass is 10.1. The molecular weight excluding hydrogens is 508 g/mol. The van der Waals surface area contributed by atoms with E-state index in [0.29, 0.717) is 27.0 Å². The minimum atomic E-state index is -2.78. The zero-order valence-corrected chi connectivity index (χ0v) is 21.8. The lowest BCUT2D eigenvalue weighted by Gasteiger charge is -2.14. The van der Waals surface area contributed by atoms with Gasteiger partial charge in [0, 0.05) is 27.5 Å². The van der Waals surface area contributed by atoms with Crippen LogP contribution in [0.2, 0.25) is 0 Å². The highest BCUT2D eigenvalue weighted by molar-refractivity contribution is 7.94. The van der Waals surface area contributed by atoms with E-state index in [2.05, 4.69) is 9.35 Å². The van der Waals surface area contributed by atoms with Gasteiger partial charge in [-0.05, 0) is 80.1 Å². The lowest BCUT2D eigenvalue weighted by Crippen LogP contribution is -2.13. The molecule has 0 saturated heterocycles. The third-order valence-electron chi connectivity index (χ3n) is 5.77. The van der Waals surface area contributed by atoms with Gasteiger partial charge in [-0.3, -0.25) is 0 Å². The van der Waals surface area contributed by atoms with Crippen molar-refractivity contribution in [1.82, 2.24) is 9.97 Å². The summed E-state index contributed by atoms with van der Waals surface area (Å²) < 4.78 is 46.2. The molecule has 5 aromatic rings. The van der Waals surface area contributed by atoms with Crippen LogP contribution in [-0.4, -0.2) is 19.4 Å². The van der Waals surface area contributed by atoms with Gasteiger partial charge in [0.1, 0.15) is 16.6 Å². The molecule has 5 rings (SSSR count). The van der Waals surface area contributed by atoms with E-state index in [1.807, 2.05) is 50.2 Å². The van der Waals surface area contributed by atoms with E-state index < -0.39 is 9.73 Å². The van der Waals surface area contributed by atoms with Gasteiger partial charge in [0.05, 0.1) is 20.3 Å². The summed E-state index contributed by atoms with van der Waals surface area (Å²) in [5, 5.41) is 0.427. The maximum atomic E-state index is 14.1. The van der Waals surface area contributed by atoms with Gasteiger partial charge in [-0.2, -0.15) is 4.36 Å². The van der Waals surface area contributed by atoms with Crippen LogP contribution in [0.25, 0.3) is 32.3 Å². The quantitative estimate of drug-likeness (QED) is 0.221. The number of thiazole rings is 1. The summed E-state index contributed by atoms with van der Waals surface area (Å²) in [6.07, 6.45) is 1.62. The molecule has 0 aliphatic rings. The maximum Gasteiger partial charge on any atom is 0.162 e. The Balaban J connectivity index is 1.67. The van der Waals surface area contributed by atoms with Crippen LogP contribution < -0.4 is 0 Å². The summed E-state index contributed by atoms with van der Waals surface area (Å²) in [5.41, 5.74) is 2.72. The molecule has 0 bridgehead atoms. The van der Waals surface area contributed by atoms with Gasteiger partial charge in [0.15, 0.2) is 5.82 Å². The highest BCUT2D eigenvalue weighted by Crippen LogP contribution is 2.41. The van der Waals surface area contributed by atoms with Crippen molar-refractivity contribution >= 4 is 26.9 Å². The highest BCUT2D eigenvalue weighted by atomic mass is 32.2. The smallest absolute Gasteiger partial charge is 0.162 e. The third-order valence-corrected chi connectivity index (χ3v) is 9.61. The standard InChI is InChI=1S/C29H23F2N3OS2/c1-19(2)37(35,25-9-4-3-5-10-25)34-26-18-22(15-16-32-26)28-27(21-7-6-8-24(31)17-21)33-29(36-28)20-11-13-23(30)14-12-20/h3-19H,1-2H3. The molecule has 2 aromatic heterocycles. The van der Waals surface area contributed by atoms with Crippen molar-refractivity contribution in [2.24, 2.45) is 4.36 Å². The highest BCUT2D eigenvalue weighted by Gasteiger charge is 2.20. The summed E-state index contributed by atoms with van der Waals surface area (Å²) in [4.78, 5) is 10.6. The van der Waals surface area contributed by atoms with Crippen molar-refractivity contribution in [3.63, 3.8) is 0 Å². The number of hydrogen-bond donors (Lipinski definition) is 0. The molecule has 0 spiro atoms. The summed E-state index contributed by atoms with van der Waals surface area (Å²) in [5.74, 6) is -0.370. The molecule has 0 amide bonds. The van der Waals surface area contributed by atoms with Gasteiger partial charge >= 0.3 is 0 Å². The fourth-order valence-electron chi connectivity index (χ4n) is 3.86. The first-order valence-corrected chi connectivity index (χ1v) is 14.0. The fraction of sp³-hybridized carbons (Fsp3) is 0.103. The van der Waals surface area contributed by atoms with Crippen LogP contribution in [0.5, 0.6) is 0 Å². The van der Waals surface area contributed by atoms with Crippen LogP contribution in [0.15, 0.2) is 106 Å². The van der Waals surface area contributed by atoms with Gasteiger partial charge in [-0.15, -0.1) is 11.3 Å². The van der Waals surface area contributed by atoms with Crippen LogP contribution in [0.1, 0.15) is 13.8 Å². The number of benzene rings is 3. The first kappa shape index (κ1) is 24.9. The van der Waals surface area contributed by atoms with Crippen molar-refractivity contribution in [3.05, 3.63) is 109 Å². The van der Waals surface area contributed by atoms with Gasteiger partial charge in [0.2, 0.25) is 0 Å². The van der Waals surface area contributed by atoms with Crippen molar-refractivity contribution in [2.45, 2.75) is 24.0 Å². The summed E-state index contributed by atoms with van der Waals surface area (Å²) in [7, 11) is -2.78. The second-order valence-corrected chi connectivity index (χ2v) is 12.4. The predicted molar refractivity (Wildman–Crippen MR) is 146 cm³/mol. The monoisotopic (exact) mass is 531 g/mol. The molecule has 0 aliphatic carbocycles. The molecule has 2 heterocycles. The van der Waals surface area contributed by atoms with E-state index in [9.17, 15) is 13.0 Å². The molecule has 0 saturated carbocycles. The van der Waals surface area contributed by atoms with Crippen LogP contribution >= 0.6 is 11.3 Å². The molecule has 0 radical (unpaired) electrons. The van der Waals surface area contributed by atoms with Crippen molar-refractivity contribution in [3.8, 4) is 32.3 Å². The first-order valence-electron chi connectivity index (χ1n) is 11.6. The van der Waals surface area contributed by atoms with E-state index in [0.717, 1.165) is 16.0 Å². The number of nitrogens with zero attached hydrogens (tertiary/aromatic N) is 3. The molecule has 0 fully saturated rings. The van der Waals surface area contributed by atoms with Crippen molar-refractivity contribution in [1.29, 1.82) is 0 Å². The summed E-state index contributed by atoms with van der Waals surface area (Å²) >= 11 is 1.40. The first-order chi connectivity index (χ1) is 17.8. The molecule has 37 heavy (non-hydrogen) atoms. The minimum Gasteiger partial charge on any atom is -0.244 e. The van der Waals surface area contributed by atoms with E-state index in [1.54, 1.807) is 36.5 Å². The van der Waals surface area contributed by atoms with Crippen molar-refractivity contribution < 1.29 is 13.0 Å². The van der Waals surface area contributed by atoms with Crippen LogP contribution in [0.4, 0.5) is 14.6 Å². The molecule has 186 valence electrons. The normalized spacial score (nSPS) is 12.9. The average molecular weight is 532 g/mol. The number of rotatable bonds is 6. The largest absolute Gasteiger partial charge is 0.244 e. The Hall–Kier alpha value is -3.75. The van der Waals surface area contributed by atoms with E-state index >= 15 is 0 Å². The number of pyridine rings is 1. The lowest BCUT2D eigenvalue weighted by molar-refractivity contribution is 0.627. The Morgan fingerprint density at radius 1 is 0.811 bits per heavy atom. The van der Waals surface area contributed by atoms with Gasteiger partial charge < -0.3 is 0 Å². The molecular formula is C29H23F2N3OS2. The molecule has 3 aromatic carbocycles. The Labute approximate surface area is 218 Å². The second-order valence-electron chi connectivity index (χ2n) is 8.64. The van der Waals surface area contributed by atoms with Gasteiger partial charge in [-0.1, -0.05) is 30.3 Å². The number of halogens is 2. The topological polar surface area (TPSA) is 55.2 Å². The SMILES string of the molecule is CC(C)S(=O)(=Nc1cc(-c2sc(-c3ccc(F)cc3)nc2-c2cccc(F)c2)ccn1)c1ccccc1. The van der Waals surface area contributed by atoms with Crippen LogP contribution in [0.3, 0.4) is 0 Å². The van der Waals surface area contributed by atoms with Gasteiger partial charge in [-0.25, -0.2) is 23.0 Å². The molecule has 1 unspecified atom stereocenters. The van der Waals surface area contributed by atoms with Crippen molar-refractivity contribution in [2.75, 3.05) is 0 Å². The fourth-order valence-corrected chi connectivity index (χ4v) is 6.73. The molecule has 0 aliphatic heterocycles. The Morgan fingerprint density at radius 2 is 1.57 bits per heavy atom. The number of aromatic nitrogens is 2. The van der Waals surface area contributed by atoms with E-state index in [4.69, 9.17) is 4.98 Å². The molecule has 4 nitrogen and oxygen atoms in total. The molecule has 8 heteroatoms. The average Bonchev–Trinajstić information content (AvgIpc) is 3.35. The van der Waals surface area contributed by atoms with E-state index in [-0.39, 0.29) is 16.9 Å². The second kappa shape index (κ2) is 10.3. The third kappa shape index (κ3) is 5.21. The molecule has 1 atom stereocenters. The Morgan fingerprint density at radius 3 is 2.27 bits per heavy atom. The van der Waals surface area contributed by atoms with Crippen LogP contribution in [-0.2, 0) is 9.73 Å². The van der Waals surface area contributed by atoms with E-state index in [1.165, 1.54) is 35.6 Å². The number of hydrogen-bond acceptors (Lipinski definition) is 5. The zero-order valence-electron chi connectivity index (χ0n) is 20.1. The Bertz CT molecular complexity index is 1670. The Kier molecular flexibility index (Phi) is 6.95.